The number of pyridine rings is 1. The van der Waals surface area contributed by atoms with Crippen molar-refractivity contribution in [1.82, 2.24) is 10.3 Å². The molecule has 2 N–H and O–H groups in total. The van der Waals surface area contributed by atoms with Crippen molar-refractivity contribution in [2.45, 2.75) is 51.5 Å². The molecule has 0 saturated carbocycles. The fourth-order valence-electron chi connectivity index (χ4n) is 5.14. The lowest BCUT2D eigenvalue weighted by Crippen LogP contribution is -2.31. The van der Waals surface area contributed by atoms with E-state index in [1.165, 1.54) is 12.3 Å². The highest BCUT2D eigenvalue weighted by molar-refractivity contribution is 6.32. The van der Waals surface area contributed by atoms with Crippen molar-refractivity contribution >= 4 is 11.6 Å². The largest absolute Gasteiger partial charge is 0.488 e. The molecule has 0 saturated heterocycles. The molecule has 1 aliphatic carbocycles. The van der Waals surface area contributed by atoms with E-state index in [0.717, 1.165) is 47.1 Å². The number of fused-ring (bicyclic) bond motifs is 1. The number of aliphatic hydroxyl groups is 1. The average molecular weight is 572 g/mol. The zero-order valence-corrected chi connectivity index (χ0v) is 23.5. The van der Waals surface area contributed by atoms with E-state index < -0.39 is 0 Å². The minimum absolute atomic E-state index is 0.0181. The third kappa shape index (κ3) is 6.52. The van der Waals surface area contributed by atoms with Gasteiger partial charge in [0.15, 0.2) is 0 Å². The summed E-state index contributed by atoms with van der Waals surface area (Å²) in [4.78, 5) is 4.12. The summed E-state index contributed by atoms with van der Waals surface area (Å²) in [6.07, 6.45) is 5.18. The number of nitrogens with zero attached hydrogens (tertiary/aromatic N) is 2. The maximum absolute atomic E-state index is 14.6. The van der Waals surface area contributed by atoms with Crippen LogP contribution >= 0.6 is 11.6 Å². The van der Waals surface area contributed by atoms with E-state index in [1.54, 1.807) is 30.5 Å². The minimum atomic E-state index is -0.249. The number of benzene rings is 3. The maximum Gasteiger partial charge on any atom is 0.142 e. The summed E-state index contributed by atoms with van der Waals surface area (Å²) in [7, 11) is 0. The number of nitrogens with one attached hydrogen (secondary N) is 1. The van der Waals surface area contributed by atoms with Crippen LogP contribution in [0.3, 0.4) is 0 Å². The van der Waals surface area contributed by atoms with Crippen LogP contribution in [0.15, 0.2) is 73.1 Å². The van der Waals surface area contributed by atoms with Gasteiger partial charge in [-0.3, -0.25) is 4.98 Å². The van der Waals surface area contributed by atoms with Crippen molar-refractivity contribution in [2.24, 2.45) is 0 Å². The molecule has 8 heteroatoms. The molecule has 0 amide bonds. The SMILES string of the molecule is CC[C@@H](CO)NCc1cc(Cl)c(O[C@H]2CCc3c(-c4ccccc4F)cccc32)cc1OCc1cncc(C#N)c1. The Kier molecular flexibility index (Phi) is 9.15. The number of aromatic nitrogens is 1. The molecule has 1 heterocycles. The molecule has 210 valence electrons. The van der Waals surface area contributed by atoms with Crippen molar-refractivity contribution in [3.8, 4) is 28.7 Å². The van der Waals surface area contributed by atoms with Crippen molar-refractivity contribution in [3.05, 3.63) is 112 Å². The Balaban J connectivity index is 1.42. The number of hydrogen-bond donors (Lipinski definition) is 2. The zero-order valence-electron chi connectivity index (χ0n) is 22.7. The number of ether oxygens (including phenoxy) is 2. The van der Waals surface area contributed by atoms with E-state index in [4.69, 9.17) is 21.1 Å². The first-order chi connectivity index (χ1) is 20.0. The van der Waals surface area contributed by atoms with Gasteiger partial charge in [0.2, 0.25) is 0 Å². The molecule has 1 aliphatic rings. The van der Waals surface area contributed by atoms with Crippen LogP contribution in [0.2, 0.25) is 5.02 Å². The van der Waals surface area contributed by atoms with Crippen molar-refractivity contribution in [2.75, 3.05) is 6.61 Å². The fourth-order valence-corrected chi connectivity index (χ4v) is 5.37. The highest BCUT2D eigenvalue weighted by atomic mass is 35.5. The number of aliphatic hydroxyl groups excluding tert-OH is 1. The predicted octanol–water partition coefficient (Wildman–Crippen LogP) is 6.92. The van der Waals surface area contributed by atoms with Crippen LogP contribution in [0.25, 0.3) is 11.1 Å². The molecule has 41 heavy (non-hydrogen) atoms. The molecule has 0 unspecified atom stereocenters. The molecule has 1 aromatic heterocycles. The molecule has 0 radical (unpaired) electrons. The first-order valence-corrected chi connectivity index (χ1v) is 14.0. The van der Waals surface area contributed by atoms with Gasteiger partial charge in [0, 0.05) is 47.7 Å². The van der Waals surface area contributed by atoms with Crippen LogP contribution in [-0.2, 0) is 19.6 Å². The van der Waals surface area contributed by atoms with Gasteiger partial charge in [-0.25, -0.2) is 4.39 Å². The van der Waals surface area contributed by atoms with Crippen LogP contribution < -0.4 is 14.8 Å². The third-order valence-corrected chi connectivity index (χ3v) is 7.67. The van der Waals surface area contributed by atoms with Crippen molar-refractivity contribution in [1.29, 1.82) is 5.26 Å². The maximum atomic E-state index is 14.6. The Morgan fingerprint density at radius 1 is 1.12 bits per heavy atom. The monoisotopic (exact) mass is 571 g/mol. The lowest BCUT2D eigenvalue weighted by atomic mass is 9.96. The quantitative estimate of drug-likeness (QED) is 0.203. The predicted molar refractivity (Wildman–Crippen MR) is 156 cm³/mol. The number of rotatable bonds is 11. The molecule has 0 bridgehead atoms. The second kappa shape index (κ2) is 13.1. The summed E-state index contributed by atoms with van der Waals surface area (Å²) in [5.41, 5.74) is 5.58. The molecular formula is C33H31ClFN3O3. The minimum Gasteiger partial charge on any atom is -0.488 e. The fraction of sp³-hybridized carbons (Fsp3) is 0.273. The molecule has 4 aromatic rings. The van der Waals surface area contributed by atoms with Crippen LogP contribution in [0.1, 0.15) is 53.7 Å². The van der Waals surface area contributed by atoms with E-state index in [2.05, 4.69) is 16.4 Å². The van der Waals surface area contributed by atoms with Crippen molar-refractivity contribution in [3.63, 3.8) is 0 Å². The Bertz CT molecular complexity index is 1570. The van der Waals surface area contributed by atoms with Crippen LogP contribution in [0, 0.1) is 17.1 Å². The summed E-state index contributed by atoms with van der Waals surface area (Å²) < 4.78 is 27.3. The summed E-state index contributed by atoms with van der Waals surface area (Å²) in [6, 6.07) is 20.1. The lowest BCUT2D eigenvalue weighted by Gasteiger charge is -2.21. The van der Waals surface area contributed by atoms with Crippen LogP contribution in [0.5, 0.6) is 11.5 Å². The van der Waals surface area contributed by atoms with E-state index in [1.807, 2.05) is 37.3 Å². The van der Waals surface area contributed by atoms with E-state index in [9.17, 15) is 14.8 Å². The highest BCUT2D eigenvalue weighted by Crippen LogP contribution is 2.43. The van der Waals surface area contributed by atoms with Gasteiger partial charge < -0.3 is 19.9 Å². The Morgan fingerprint density at radius 3 is 2.73 bits per heavy atom. The Labute approximate surface area is 244 Å². The summed E-state index contributed by atoms with van der Waals surface area (Å²) in [6.45, 7) is 2.65. The van der Waals surface area contributed by atoms with Gasteiger partial charge in [-0.1, -0.05) is 54.9 Å². The lowest BCUT2D eigenvalue weighted by molar-refractivity contribution is 0.205. The summed E-state index contributed by atoms with van der Waals surface area (Å²) in [5.74, 6) is 0.810. The number of nitriles is 1. The Hall–Kier alpha value is -3.96. The van der Waals surface area contributed by atoms with Crippen LogP contribution in [-0.4, -0.2) is 22.7 Å². The number of halogens is 2. The average Bonchev–Trinajstić information content (AvgIpc) is 3.41. The Morgan fingerprint density at radius 2 is 1.95 bits per heavy atom. The van der Waals surface area contributed by atoms with Gasteiger partial charge in [0.25, 0.3) is 0 Å². The van der Waals surface area contributed by atoms with Gasteiger partial charge in [0.1, 0.15) is 36.1 Å². The molecule has 0 fully saturated rings. The van der Waals surface area contributed by atoms with Gasteiger partial charge in [-0.15, -0.1) is 0 Å². The third-order valence-electron chi connectivity index (χ3n) is 7.38. The van der Waals surface area contributed by atoms with Gasteiger partial charge in [-0.05, 0) is 54.2 Å². The van der Waals surface area contributed by atoms with Gasteiger partial charge in [-0.2, -0.15) is 5.26 Å². The molecule has 3 aromatic carbocycles. The molecule has 2 atom stereocenters. The number of hydrogen-bond acceptors (Lipinski definition) is 6. The second-order valence-electron chi connectivity index (χ2n) is 10.0. The van der Waals surface area contributed by atoms with E-state index in [0.29, 0.717) is 34.2 Å². The van der Waals surface area contributed by atoms with E-state index >= 15 is 0 Å². The normalized spacial score (nSPS) is 14.8. The standard InChI is InChI=1S/C33H31ClFN3O3/c1-2-24(19-39)38-18-23-13-29(34)33(14-32(23)40-20-22-12-21(15-36)16-37-17-22)41-31-11-10-26-25(7-5-8-28(26)31)27-6-3-4-9-30(27)35/h3-9,12-14,16-17,24,31,38-39H,2,10-11,18-20H2,1H3/t24-,31-/m0/s1. The second-order valence-corrected chi connectivity index (χ2v) is 10.4. The zero-order chi connectivity index (χ0) is 28.8. The smallest absolute Gasteiger partial charge is 0.142 e. The van der Waals surface area contributed by atoms with E-state index in [-0.39, 0.29) is 31.2 Å². The topological polar surface area (TPSA) is 87.4 Å². The summed E-state index contributed by atoms with van der Waals surface area (Å²) in [5, 5.41) is 22.6. The van der Waals surface area contributed by atoms with Crippen LogP contribution in [0.4, 0.5) is 4.39 Å². The molecule has 0 spiro atoms. The van der Waals surface area contributed by atoms with Gasteiger partial charge >= 0.3 is 0 Å². The molecular weight excluding hydrogens is 541 g/mol. The van der Waals surface area contributed by atoms with Crippen molar-refractivity contribution < 1.29 is 19.0 Å². The highest BCUT2D eigenvalue weighted by Gasteiger charge is 2.28. The summed E-state index contributed by atoms with van der Waals surface area (Å²) >= 11 is 6.74. The van der Waals surface area contributed by atoms with Gasteiger partial charge in [0.05, 0.1) is 17.2 Å². The molecule has 0 aliphatic heterocycles. The first kappa shape index (κ1) is 28.6. The first-order valence-electron chi connectivity index (χ1n) is 13.7. The molecule has 6 nitrogen and oxygen atoms in total. The molecule has 5 rings (SSSR count).